The molecule has 19 heavy (non-hydrogen) atoms. The van der Waals surface area contributed by atoms with Gasteiger partial charge in [-0.05, 0) is 12.0 Å². The second-order valence-electron chi connectivity index (χ2n) is 3.89. The van der Waals surface area contributed by atoms with Crippen molar-refractivity contribution in [2.24, 2.45) is 10.7 Å². The first-order valence-corrected chi connectivity index (χ1v) is 6.90. The maximum absolute atomic E-state index is 11.4. The van der Waals surface area contributed by atoms with Crippen molar-refractivity contribution in [1.82, 2.24) is 9.03 Å². The van der Waals surface area contributed by atoms with E-state index in [1.165, 1.54) is 14.1 Å². The third kappa shape index (κ3) is 6.42. The lowest BCUT2D eigenvalue weighted by Crippen LogP contribution is -2.43. The molecule has 0 bridgehead atoms. The Labute approximate surface area is 120 Å². The van der Waals surface area contributed by atoms with Gasteiger partial charge in [0.05, 0.1) is 0 Å². The van der Waals surface area contributed by atoms with Crippen molar-refractivity contribution in [3.05, 3.63) is 35.9 Å². The van der Waals surface area contributed by atoms with Gasteiger partial charge in [-0.1, -0.05) is 30.3 Å². The van der Waals surface area contributed by atoms with Crippen molar-refractivity contribution in [2.75, 3.05) is 20.6 Å². The van der Waals surface area contributed by atoms with Crippen molar-refractivity contribution < 1.29 is 8.42 Å². The van der Waals surface area contributed by atoms with Gasteiger partial charge in [0.1, 0.15) is 0 Å². The van der Waals surface area contributed by atoms with Crippen LogP contribution in [0.3, 0.4) is 0 Å². The zero-order chi connectivity index (χ0) is 13.6. The van der Waals surface area contributed by atoms with E-state index in [0.29, 0.717) is 13.0 Å². The summed E-state index contributed by atoms with van der Waals surface area (Å²) < 4.78 is 26.1. The van der Waals surface area contributed by atoms with Crippen LogP contribution in [0.15, 0.2) is 35.3 Å². The van der Waals surface area contributed by atoms with E-state index in [4.69, 9.17) is 5.73 Å². The molecule has 6 nitrogen and oxygen atoms in total. The number of halogens is 1. The molecule has 0 heterocycles. The van der Waals surface area contributed by atoms with Gasteiger partial charge in [-0.15, -0.1) is 12.4 Å². The third-order valence-corrected chi connectivity index (χ3v) is 3.67. The van der Waals surface area contributed by atoms with Crippen LogP contribution in [0.5, 0.6) is 0 Å². The number of aliphatic imine (C=N–C) groups is 1. The van der Waals surface area contributed by atoms with Crippen LogP contribution in [0.2, 0.25) is 0 Å². The van der Waals surface area contributed by atoms with Gasteiger partial charge >= 0.3 is 10.2 Å². The lowest BCUT2D eigenvalue weighted by atomic mass is 10.2. The van der Waals surface area contributed by atoms with Gasteiger partial charge in [0, 0.05) is 20.6 Å². The maximum Gasteiger partial charge on any atom is 0.303 e. The number of nitrogens with zero attached hydrogens (tertiary/aromatic N) is 2. The molecule has 0 spiro atoms. The van der Waals surface area contributed by atoms with Crippen LogP contribution in [0.25, 0.3) is 0 Å². The summed E-state index contributed by atoms with van der Waals surface area (Å²) in [6.45, 7) is 0.436. The molecular weight excluding hydrogens is 288 g/mol. The Morgan fingerprint density at radius 1 is 1.32 bits per heavy atom. The molecule has 1 rings (SSSR count). The van der Waals surface area contributed by atoms with E-state index in [1.54, 1.807) is 0 Å². The molecule has 108 valence electrons. The number of hydrogen-bond acceptors (Lipinski definition) is 3. The van der Waals surface area contributed by atoms with E-state index in [0.717, 1.165) is 9.87 Å². The fourth-order valence-electron chi connectivity index (χ4n) is 1.21. The highest BCUT2D eigenvalue weighted by molar-refractivity contribution is 7.87. The summed E-state index contributed by atoms with van der Waals surface area (Å²) in [5, 5.41) is 0. The Morgan fingerprint density at radius 3 is 2.42 bits per heavy atom. The first-order valence-electron chi connectivity index (χ1n) is 5.46. The van der Waals surface area contributed by atoms with Crippen LogP contribution in [0.4, 0.5) is 0 Å². The molecule has 0 saturated carbocycles. The summed E-state index contributed by atoms with van der Waals surface area (Å²) in [6.07, 6.45) is 0.714. The van der Waals surface area contributed by atoms with Crippen LogP contribution in [0, 0.1) is 0 Å². The SMILES string of the molecule is CN(C)S(=O)(=O)NC(N)=NCCc1ccccc1.Cl. The van der Waals surface area contributed by atoms with Crippen LogP contribution in [0.1, 0.15) is 5.56 Å². The monoisotopic (exact) mass is 306 g/mol. The lowest BCUT2D eigenvalue weighted by Gasteiger charge is -2.12. The highest BCUT2D eigenvalue weighted by Crippen LogP contribution is 1.99. The average molecular weight is 307 g/mol. The fraction of sp³-hybridized carbons (Fsp3) is 0.364. The molecule has 0 fully saturated rings. The van der Waals surface area contributed by atoms with Gasteiger partial charge in [-0.25, -0.2) is 4.72 Å². The molecular formula is C11H19ClN4O2S. The maximum atomic E-state index is 11.4. The molecule has 0 aromatic heterocycles. The first kappa shape index (κ1) is 17.7. The molecule has 0 saturated heterocycles. The lowest BCUT2D eigenvalue weighted by molar-refractivity contribution is 0.516. The number of nitrogens with one attached hydrogen (secondary N) is 1. The van der Waals surface area contributed by atoms with Gasteiger partial charge in [0.15, 0.2) is 0 Å². The summed E-state index contributed by atoms with van der Waals surface area (Å²) in [5.74, 6) is -0.0976. The minimum Gasteiger partial charge on any atom is -0.369 e. The quantitative estimate of drug-likeness (QED) is 0.608. The number of nitrogens with two attached hydrogens (primary N) is 1. The van der Waals surface area contributed by atoms with Crippen LogP contribution >= 0.6 is 12.4 Å². The second-order valence-corrected chi connectivity index (χ2v) is 5.78. The molecule has 0 atom stereocenters. The number of hydrogen-bond donors (Lipinski definition) is 2. The standard InChI is InChI=1S/C11H18N4O2S.ClH/c1-15(2)18(16,17)14-11(12)13-9-8-10-6-4-3-5-7-10;/h3-7H,8-9H2,1-2H3,(H3,12,13,14);1H. The molecule has 0 amide bonds. The van der Waals surface area contributed by atoms with Gasteiger partial charge in [0.2, 0.25) is 5.96 Å². The van der Waals surface area contributed by atoms with Crippen molar-refractivity contribution in [3.63, 3.8) is 0 Å². The molecule has 1 aromatic carbocycles. The normalized spacial score (nSPS) is 12.1. The van der Waals surface area contributed by atoms with Crippen molar-refractivity contribution in [1.29, 1.82) is 0 Å². The van der Waals surface area contributed by atoms with Crippen molar-refractivity contribution in [3.8, 4) is 0 Å². The van der Waals surface area contributed by atoms with Crippen molar-refractivity contribution in [2.45, 2.75) is 6.42 Å². The Bertz CT molecular complexity index is 503. The summed E-state index contributed by atoms with van der Waals surface area (Å²) in [4.78, 5) is 3.96. The summed E-state index contributed by atoms with van der Waals surface area (Å²) in [6, 6.07) is 9.78. The topological polar surface area (TPSA) is 87.8 Å². The number of benzene rings is 1. The summed E-state index contributed by atoms with van der Waals surface area (Å²) in [7, 11) is -0.732. The van der Waals surface area contributed by atoms with Crippen LogP contribution in [-0.4, -0.2) is 39.3 Å². The largest absolute Gasteiger partial charge is 0.369 e. The minimum atomic E-state index is -3.56. The predicted octanol–water partition coefficient (Wildman–Crippen LogP) is 0.362. The zero-order valence-corrected chi connectivity index (χ0v) is 12.5. The van der Waals surface area contributed by atoms with E-state index >= 15 is 0 Å². The molecule has 1 aromatic rings. The van der Waals surface area contributed by atoms with E-state index in [-0.39, 0.29) is 18.4 Å². The number of guanidine groups is 1. The zero-order valence-electron chi connectivity index (χ0n) is 10.9. The van der Waals surface area contributed by atoms with Gasteiger partial charge in [0.25, 0.3) is 0 Å². The Kier molecular flexibility index (Phi) is 7.43. The molecule has 3 N–H and O–H groups in total. The highest BCUT2D eigenvalue weighted by Gasteiger charge is 2.13. The number of rotatable bonds is 5. The average Bonchev–Trinajstić information content (AvgIpc) is 2.29. The van der Waals surface area contributed by atoms with E-state index in [2.05, 4.69) is 9.71 Å². The van der Waals surface area contributed by atoms with Crippen LogP contribution < -0.4 is 10.5 Å². The summed E-state index contributed by atoms with van der Waals surface area (Å²) >= 11 is 0. The highest BCUT2D eigenvalue weighted by atomic mass is 35.5. The smallest absolute Gasteiger partial charge is 0.303 e. The van der Waals surface area contributed by atoms with E-state index < -0.39 is 10.2 Å². The molecule has 0 radical (unpaired) electrons. The Hall–Kier alpha value is -1.31. The fourth-order valence-corrected chi connectivity index (χ4v) is 1.72. The second kappa shape index (κ2) is 7.98. The molecule has 0 aliphatic carbocycles. The van der Waals surface area contributed by atoms with Gasteiger partial charge < -0.3 is 5.73 Å². The Morgan fingerprint density at radius 2 is 1.89 bits per heavy atom. The van der Waals surface area contributed by atoms with Crippen molar-refractivity contribution >= 4 is 28.6 Å². The van der Waals surface area contributed by atoms with E-state index in [9.17, 15) is 8.42 Å². The first-order chi connectivity index (χ1) is 8.42. The Balaban J connectivity index is 0.00000324. The van der Waals surface area contributed by atoms with E-state index in [1.807, 2.05) is 30.3 Å². The molecule has 0 unspecified atom stereocenters. The minimum absolute atomic E-state index is 0. The molecule has 8 heteroatoms. The predicted molar refractivity (Wildman–Crippen MR) is 79.6 cm³/mol. The third-order valence-electron chi connectivity index (χ3n) is 2.24. The molecule has 0 aliphatic heterocycles. The van der Waals surface area contributed by atoms with Crippen LogP contribution in [-0.2, 0) is 16.6 Å². The van der Waals surface area contributed by atoms with Gasteiger partial charge in [-0.3, -0.25) is 4.99 Å². The summed E-state index contributed by atoms with van der Waals surface area (Å²) in [5.41, 5.74) is 6.62. The molecule has 0 aliphatic rings. The van der Waals surface area contributed by atoms with Gasteiger partial charge in [-0.2, -0.15) is 12.7 Å².